The highest BCUT2D eigenvalue weighted by atomic mass is 35.5. The van der Waals surface area contributed by atoms with Crippen LogP contribution in [0, 0.1) is 0 Å². The molecule has 0 atom stereocenters. The summed E-state index contributed by atoms with van der Waals surface area (Å²) in [6.07, 6.45) is 3.02. The van der Waals surface area contributed by atoms with Gasteiger partial charge in [-0.25, -0.2) is 0 Å². The molecular weight excluding hydrogens is 328 g/mol. The van der Waals surface area contributed by atoms with Gasteiger partial charge in [0, 0.05) is 37.1 Å². The molecule has 0 bridgehead atoms. The maximum absolute atomic E-state index is 12.5. The SMILES string of the molecule is NC(=O)c1cnccc1N1CCN(Cc2ccc(Cl)cc2)C(=O)C1. The first-order chi connectivity index (χ1) is 11.5. The van der Waals surface area contributed by atoms with Crippen molar-refractivity contribution in [3.05, 3.63) is 58.9 Å². The number of nitrogens with zero attached hydrogens (tertiary/aromatic N) is 3. The molecule has 1 aliphatic rings. The van der Waals surface area contributed by atoms with Crippen LogP contribution in [0.3, 0.4) is 0 Å². The van der Waals surface area contributed by atoms with Gasteiger partial charge in [-0.2, -0.15) is 0 Å². The molecule has 0 radical (unpaired) electrons. The number of hydrogen-bond acceptors (Lipinski definition) is 4. The predicted molar refractivity (Wildman–Crippen MR) is 91.8 cm³/mol. The van der Waals surface area contributed by atoms with Crippen LogP contribution in [0.5, 0.6) is 0 Å². The molecule has 3 rings (SSSR count). The number of aromatic nitrogens is 1. The van der Waals surface area contributed by atoms with Crippen LogP contribution in [0.4, 0.5) is 5.69 Å². The van der Waals surface area contributed by atoms with Crippen LogP contribution in [-0.4, -0.2) is 41.3 Å². The van der Waals surface area contributed by atoms with Crippen molar-refractivity contribution in [2.24, 2.45) is 5.73 Å². The molecule has 2 amide bonds. The molecular formula is C17H17ClN4O2. The van der Waals surface area contributed by atoms with Crippen molar-refractivity contribution in [1.29, 1.82) is 0 Å². The van der Waals surface area contributed by atoms with Gasteiger partial charge in [-0.3, -0.25) is 14.6 Å². The average Bonchev–Trinajstić information content (AvgIpc) is 2.58. The number of anilines is 1. The first kappa shape index (κ1) is 16.3. The van der Waals surface area contributed by atoms with Gasteiger partial charge < -0.3 is 15.5 Å². The van der Waals surface area contributed by atoms with Gasteiger partial charge in [-0.05, 0) is 23.8 Å². The highest BCUT2D eigenvalue weighted by Crippen LogP contribution is 2.22. The summed E-state index contributed by atoms with van der Waals surface area (Å²) in [4.78, 5) is 31.6. The van der Waals surface area contributed by atoms with E-state index in [-0.39, 0.29) is 12.5 Å². The van der Waals surface area contributed by atoms with E-state index >= 15 is 0 Å². The van der Waals surface area contributed by atoms with Crippen molar-refractivity contribution >= 4 is 29.1 Å². The Morgan fingerprint density at radius 2 is 1.96 bits per heavy atom. The van der Waals surface area contributed by atoms with Crippen molar-refractivity contribution in [3.63, 3.8) is 0 Å². The molecule has 2 aromatic rings. The summed E-state index contributed by atoms with van der Waals surface area (Å²) in [7, 11) is 0. The third-order valence-corrected chi connectivity index (χ3v) is 4.26. The van der Waals surface area contributed by atoms with E-state index < -0.39 is 5.91 Å². The fourth-order valence-corrected chi connectivity index (χ4v) is 2.87. The Bertz CT molecular complexity index is 763. The first-order valence-corrected chi connectivity index (χ1v) is 7.93. The molecule has 1 aromatic heterocycles. The number of rotatable bonds is 4. The maximum atomic E-state index is 12.5. The van der Waals surface area contributed by atoms with Crippen LogP contribution < -0.4 is 10.6 Å². The van der Waals surface area contributed by atoms with Crippen molar-refractivity contribution in [2.75, 3.05) is 24.5 Å². The Labute approximate surface area is 144 Å². The maximum Gasteiger partial charge on any atom is 0.252 e. The Hall–Kier alpha value is -2.60. The van der Waals surface area contributed by atoms with Gasteiger partial charge in [0.15, 0.2) is 0 Å². The molecule has 7 heteroatoms. The summed E-state index contributed by atoms with van der Waals surface area (Å²) in [5.41, 5.74) is 7.40. The van der Waals surface area contributed by atoms with E-state index in [1.165, 1.54) is 6.20 Å². The summed E-state index contributed by atoms with van der Waals surface area (Å²) < 4.78 is 0. The van der Waals surface area contributed by atoms with E-state index in [4.69, 9.17) is 17.3 Å². The summed E-state index contributed by atoms with van der Waals surface area (Å²) >= 11 is 5.88. The topological polar surface area (TPSA) is 79.5 Å². The molecule has 0 aliphatic carbocycles. The lowest BCUT2D eigenvalue weighted by Gasteiger charge is -2.36. The van der Waals surface area contributed by atoms with Crippen LogP contribution in [0.15, 0.2) is 42.7 Å². The quantitative estimate of drug-likeness (QED) is 0.915. The molecule has 1 aliphatic heterocycles. The zero-order chi connectivity index (χ0) is 17.1. The molecule has 1 aromatic carbocycles. The number of primary amides is 1. The number of benzene rings is 1. The largest absolute Gasteiger partial charge is 0.365 e. The highest BCUT2D eigenvalue weighted by Gasteiger charge is 2.26. The van der Waals surface area contributed by atoms with E-state index in [0.29, 0.717) is 35.9 Å². The number of pyridine rings is 1. The summed E-state index contributed by atoms with van der Waals surface area (Å²) in [6, 6.07) is 9.16. The van der Waals surface area contributed by atoms with Gasteiger partial charge in [-0.1, -0.05) is 23.7 Å². The third-order valence-electron chi connectivity index (χ3n) is 4.01. The molecule has 0 saturated carbocycles. The smallest absolute Gasteiger partial charge is 0.252 e. The Morgan fingerprint density at radius 1 is 1.21 bits per heavy atom. The molecule has 124 valence electrons. The van der Waals surface area contributed by atoms with Gasteiger partial charge in [0.25, 0.3) is 5.91 Å². The number of nitrogens with two attached hydrogens (primary N) is 1. The van der Waals surface area contributed by atoms with E-state index in [2.05, 4.69) is 4.98 Å². The standard InChI is InChI=1S/C17H17ClN4O2/c18-13-3-1-12(2-4-13)10-22-8-7-21(11-16(22)23)15-5-6-20-9-14(15)17(19)24/h1-6,9H,7-8,10-11H2,(H2,19,24). The lowest BCUT2D eigenvalue weighted by molar-refractivity contribution is -0.131. The number of halogens is 1. The van der Waals surface area contributed by atoms with Gasteiger partial charge in [0.1, 0.15) is 0 Å². The second-order valence-electron chi connectivity index (χ2n) is 5.62. The van der Waals surface area contributed by atoms with E-state index in [1.54, 1.807) is 17.2 Å². The van der Waals surface area contributed by atoms with Crippen LogP contribution in [0.2, 0.25) is 5.02 Å². The highest BCUT2D eigenvalue weighted by molar-refractivity contribution is 6.30. The molecule has 2 heterocycles. The fourth-order valence-electron chi connectivity index (χ4n) is 2.74. The Kier molecular flexibility index (Phi) is 4.66. The minimum absolute atomic E-state index is 0.00318. The zero-order valence-corrected chi connectivity index (χ0v) is 13.7. The molecule has 2 N–H and O–H groups in total. The third kappa shape index (κ3) is 3.49. The van der Waals surface area contributed by atoms with E-state index in [9.17, 15) is 9.59 Å². The van der Waals surface area contributed by atoms with Gasteiger partial charge in [0.05, 0.1) is 17.8 Å². The van der Waals surface area contributed by atoms with Crippen LogP contribution in [0.25, 0.3) is 0 Å². The van der Waals surface area contributed by atoms with Crippen LogP contribution >= 0.6 is 11.6 Å². The number of piperazine rings is 1. The average molecular weight is 345 g/mol. The van der Waals surface area contributed by atoms with Gasteiger partial charge in [0.2, 0.25) is 5.91 Å². The number of carbonyl (C=O) groups excluding carboxylic acids is 2. The fraction of sp³-hybridized carbons (Fsp3) is 0.235. The van der Waals surface area contributed by atoms with Crippen molar-refractivity contribution < 1.29 is 9.59 Å². The first-order valence-electron chi connectivity index (χ1n) is 7.55. The molecule has 1 fully saturated rings. The summed E-state index contributed by atoms with van der Waals surface area (Å²) in [5.74, 6) is -0.544. The van der Waals surface area contributed by atoms with Crippen molar-refractivity contribution in [2.45, 2.75) is 6.54 Å². The number of carbonyl (C=O) groups is 2. The van der Waals surface area contributed by atoms with Crippen molar-refractivity contribution in [1.82, 2.24) is 9.88 Å². The molecule has 24 heavy (non-hydrogen) atoms. The second-order valence-corrected chi connectivity index (χ2v) is 6.06. The lowest BCUT2D eigenvalue weighted by atomic mass is 10.1. The summed E-state index contributed by atoms with van der Waals surface area (Å²) in [5, 5.41) is 0.673. The van der Waals surface area contributed by atoms with E-state index in [1.807, 2.05) is 29.2 Å². The van der Waals surface area contributed by atoms with Crippen molar-refractivity contribution in [3.8, 4) is 0 Å². The van der Waals surface area contributed by atoms with Gasteiger partial charge >= 0.3 is 0 Å². The normalized spacial score (nSPS) is 14.8. The molecule has 6 nitrogen and oxygen atoms in total. The molecule has 0 spiro atoms. The van der Waals surface area contributed by atoms with Crippen LogP contribution in [-0.2, 0) is 11.3 Å². The Balaban J connectivity index is 1.70. The zero-order valence-electron chi connectivity index (χ0n) is 13.0. The lowest BCUT2D eigenvalue weighted by Crippen LogP contribution is -2.50. The number of hydrogen-bond donors (Lipinski definition) is 1. The van der Waals surface area contributed by atoms with Gasteiger partial charge in [-0.15, -0.1) is 0 Å². The monoisotopic (exact) mass is 344 g/mol. The minimum Gasteiger partial charge on any atom is -0.365 e. The second kappa shape index (κ2) is 6.88. The molecule has 0 unspecified atom stereocenters. The summed E-state index contributed by atoms with van der Waals surface area (Å²) in [6.45, 7) is 1.95. The Morgan fingerprint density at radius 3 is 2.62 bits per heavy atom. The number of amides is 2. The minimum atomic E-state index is -0.547. The molecule has 1 saturated heterocycles. The van der Waals surface area contributed by atoms with Crippen LogP contribution in [0.1, 0.15) is 15.9 Å². The predicted octanol–water partition coefficient (Wildman–Crippen LogP) is 1.68. The van der Waals surface area contributed by atoms with E-state index in [0.717, 1.165) is 5.56 Å².